The van der Waals surface area contributed by atoms with Gasteiger partial charge < -0.3 is 20.3 Å². The number of aromatic nitrogens is 1. The summed E-state index contributed by atoms with van der Waals surface area (Å²) in [5.41, 5.74) is 0.462. The highest BCUT2D eigenvalue weighted by Crippen LogP contribution is 2.26. The number of amides is 3. The van der Waals surface area contributed by atoms with Crippen molar-refractivity contribution in [3.63, 3.8) is 0 Å². The Balaban J connectivity index is 1.87. The third-order valence-electron chi connectivity index (χ3n) is 5.43. The molecule has 1 saturated heterocycles. The second kappa shape index (κ2) is 8.18. The van der Waals surface area contributed by atoms with E-state index >= 15 is 0 Å². The first-order valence-electron chi connectivity index (χ1n) is 9.84. The first-order chi connectivity index (χ1) is 14.0. The first-order valence-corrected chi connectivity index (χ1v) is 10.2. The van der Waals surface area contributed by atoms with Crippen molar-refractivity contribution in [2.75, 3.05) is 13.1 Å². The molecule has 2 heterocycles. The Morgan fingerprint density at radius 2 is 1.97 bits per heavy atom. The number of carbonyl (C=O) groups excluding carboxylic acids is 2. The quantitative estimate of drug-likeness (QED) is 0.688. The fraction of sp³-hybridized carbons (Fsp3) is 0.476. The van der Waals surface area contributed by atoms with Crippen molar-refractivity contribution in [1.82, 2.24) is 20.1 Å². The van der Waals surface area contributed by atoms with Crippen LogP contribution in [0.25, 0.3) is 10.9 Å². The zero-order valence-corrected chi connectivity index (χ0v) is 18.3. The van der Waals surface area contributed by atoms with Gasteiger partial charge in [0.1, 0.15) is 5.69 Å². The smallest absolute Gasteiger partial charge is 0.408 e. The van der Waals surface area contributed by atoms with Gasteiger partial charge in [0.05, 0.1) is 12.1 Å². The standard InChI is InChI=1S/C21H27ClN4O4/c1-12(27)25-8-7-16(18(11-25)26(20(29)30)21(2,3)4)24-19(28)17-10-13-9-14(22)5-6-15(13)23-17/h5-6,9-10,16,18,23H,7-8,11H2,1-4H3,(H,24,28)(H,29,30)/t16-,18-/m1/s1. The van der Waals surface area contributed by atoms with E-state index in [2.05, 4.69) is 10.3 Å². The van der Waals surface area contributed by atoms with Gasteiger partial charge in [-0.05, 0) is 51.5 Å². The number of carbonyl (C=O) groups is 3. The molecule has 9 heteroatoms. The fourth-order valence-electron chi connectivity index (χ4n) is 4.05. The van der Waals surface area contributed by atoms with Crippen molar-refractivity contribution >= 4 is 40.4 Å². The van der Waals surface area contributed by atoms with Gasteiger partial charge in [0, 0.05) is 41.5 Å². The van der Waals surface area contributed by atoms with Crippen molar-refractivity contribution in [3.8, 4) is 0 Å². The number of rotatable bonds is 3. The van der Waals surface area contributed by atoms with Crippen LogP contribution in [0.2, 0.25) is 5.02 Å². The molecule has 0 saturated carbocycles. The summed E-state index contributed by atoms with van der Waals surface area (Å²) in [6.45, 7) is 7.55. The Labute approximate surface area is 180 Å². The Kier molecular flexibility index (Phi) is 5.99. The summed E-state index contributed by atoms with van der Waals surface area (Å²) in [6.07, 6.45) is -0.626. The topological polar surface area (TPSA) is 106 Å². The third-order valence-corrected chi connectivity index (χ3v) is 5.67. The lowest BCUT2D eigenvalue weighted by atomic mass is 9.93. The van der Waals surface area contributed by atoms with Crippen LogP contribution in [-0.4, -0.2) is 68.5 Å². The van der Waals surface area contributed by atoms with Crippen LogP contribution in [0.1, 0.15) is 44.6 Å². The average Bonchev–Trinajstić information content (AvgIpc) is 3.04. The van der Waals surface area contributed by atoms with Crippen molar-refractivity contribution in [1.29, 1.82) is 0 Å². The maximum Gasteiger partial charge on any atom is 0.408 e. The lowest BCUT2D eigenvalue weighted by Crippen LogP contribution is -2.65. The molecule has 1 fully saturated rings. The van der Waals surface area contributed by atoms with Gasteiger partial charge in [0.25, 0.3) is 5.91 Å². The maximum atomic E-state index is 12.9. The van der Waals surface area contributed by atoms with Crippen LogP contribution < -0.4 is 5.32 Å². The summed E-state index contributed by atoms with van der Waals surface area (Å²) in [5.74, 6) is -0.440. The predicted octanol–water partition coefficient (Wildman–Crippen LogP) is 3.32. The molecule has 0 spiro atoms. The summed E-state index contributed by atoms with van der Waals surface area (Å²) in [5, 5.41) is 14.2. The minimum Gasteiger partial charge on any atom is -0.465 e. The van der Waals surface area contributed by atoms with Crippen molar-refractivity contribution in [2.45, 2.75) is 51.7 Å². The molecule has 1 aromatic carbocycles. The number of benzene rings is 1. The number of hydrogen-bond donors (Lipinski definition) is 3. The van der Waals surface area contributed by atoms with E-state index in [-0.39, 0.29) is 18.4 Å². The average molecular weight is 435 g/mol. The Bertz CT molecular complexity index is 981. The van der Waals surface area contributed by atoms with Crippen molar-refractivity contribution in [3.05, 3.63) is 35.0 Å². The number of likely N-dealkylation sites (tertiary alicyclic amines) is 1. The molecule has 3 rings (SSSR count). The van der Waals surface area contributed by atoms with Crippen LogP contribution >= 0.6 is 11.6 Å². The van der Waals surface area contributed by atoms with E-state index in [0.29, 0.717) is 23.7 Å². The highest BCUT2D eigenvalue weighted by atomic mass is 35.5. The van der Waals surface area contributed by atoms with E-state index in [1.807, 2.05) is 0 Å². The zero-order valence-electron chi connectivity index (χ0n) is 17.5. The first kappa shape index (κ1) is 22.0. The molecule has 1 aliphatic rings. The molecule has 2 aromatic rings. The number of nitrogens with zero attached hydrogens (tertiary/aromatic N) is 2. The number of aromatic amines is 1. The summed E-state index contributed by atoms with van der Waals surface area (Å²) >= 11 is 6.02. The largest absolute Gasteiger partial charge is 0.465 e. The number of piperidine rings is 1. The van der Waals surface area contributed by atoms with Gasteiger partial charge in [-0.15, -0.1) is 0 Å². The number of fused-ring (bicyclic) bond motifs is 1. The van der Waals surface area contributed by atoms with Crippen LogP contribution in [-0.2, 0) is 4.79 Å². The Morgan fingerprint density at radius 3 is 2.57 bits per heavy atom. The van der Waals surface area contributed by atoms with E-state index in [1.54, 1.807) is 49.9 Å². The summed E-state index contributed by atoms with van der Waals surface area (Å²) in [7, 11) is 0. The molecule has 0 bridgehead atoms. The summed E-state index contributed by atoms with van der Waals surface area (Å²) in [6, 6.07) is 6.03. The summed E-state index contributed by atoms with van der Waals surface area (Å²) < 4.78 is 0. The monoisotopic (exact) mass is 434 g/mol. The number of nitrogens with one attached hydrogen (secondary N) is 2. The van der Waals surface area contributed by atoms with Crippen LogP contribution in [0.3, 0.4) is 0 Å². The van der Waals surface area contributed by atoms with Gasteiger partial charge >= 0.3 is 6.09 Å². The molecule has 3 N–H and O–H groups in total. The predicted molar refractivity (Wildman–Crippen MR) is 115 cm³/mol. The molecular formula is C21H27ClN4O4. The maximum absolute atomic E-state index is 12.9. The molecule has 3 amide bonds. The molecule has 0 unspecified atom stereocenters. The van der Waals surface area contributed by atoms with Crippen LogP contribution in [0.15, 0.2) is 24.3 Å². The van der Waals surface area contributed by atoms with E-state index in [0.717, 1.165) is 10.9 Å². The molecule has 1 aromatic heterocycles. The van der Waals surface area contributed by atoms with Crippen LogP contribution in [0, 0.1) is 0 Å². The Hall–Kier alpha value is -2.74. The highest BCUT2D eigenvalue weighted by molar-refractivity contribution is 6.31. The normalized spacial score (nSPS) is 19.6. The second-order valence-electron chi connectivity index (χ2n) is 8.64. The molecule has 2 atom stereocenters. The number of carboxylic acid groups (broad SMARTS) is 1. The number of halogens is 1. The van der Waals surface area contributed by atoms with Gasteiger partial charge in [-0.2, -0.15) is 0 Å². The molecule has 0 aliphatic carbocycles. The van der Waals surface area contributed by atoms with Gasteiger partial charge in [-0.1, -0.05) is 11.6 Å². The van der Waals surface area contributed by atoms with Gasteiger partial charge in [-0.3, -0.25) is 14.5 Å². The zero-order chi connectivity index (χ0) is 22.2. The molecule has 8 nitrogen and oxygen atoms in total. The van der Waals surface area contributed by atoms with Crippen molar-refractivity contribution in [2.24, 2.45) is 0 Å². The van der Waals surface area contributed by atoms with E-state index < -0.39 is 23.7 Å². The highest BCUT2D eigenvalue weighted by Gasteiger charge is 2.42. The minimum absolute atomic E-state index is 0.114. The number of hydrogen-bond acceptors (Lipinski definition) is 3. The minimum atomic E-state index is -1.09. The van der Waals surface area contributed by atoms with Gasteiger partial charge in [0.15, 0.2) is 0 Å². The molecular weight excluding hydrogens is 408 g/mol. The molecule has 162 valence electrons. The fourth-order valence-corrected chi connectivity index (χ4v) is 4.23. The number of H-pyrrole nitrogens is 1. The lowest BCUT2D eigenvalue weighted by Gasteiger charge is -2.47. The summed E-state index contributed by atoms with van der Waals surface area (Å²) in [4.78, 5) is 43.0. The molecule has 0 radical (unpaired) electrons. The lowest BCUT2D eigenvalue weighted by molar-refractivity contribution is -0.131. The molecule has 1 aliphatic heterocycles. The second-order valence-corrected chi connectivity index (χ2v) is 9.08. The van der Waals surface area contributed by atoms with Gasteiger partial charge in [-0.25, -0.2) is 4.79 Å². The Morgan fingerprint density at radius 1 is 1.27 bits per heavy atom. The molecule has 30 heavy (non-hydrogen) atoms. The van der Waals surface area contributed by atoms with Crippen LogP contribution in [0.4, 0.5) is 4.79 Å². The van der Waals surface area contributed by atoms with E-state index in [9.17, 15) is 19.5 Å². The van der Waals surface area contributed by atoms with Gasteiger partial charge in [0.2, 0.25) is 5.91 Å². The van der Waals surface area contributed by atoms with Crippen LogP contribution in [0.5, 0.6) is 0 Å². The van der Waals surface area contributed by atoms with E-state index in [4.69, 9.17) is 11.6 Å². The van der Waals surface area contributed by atoms with Crippen molar-refractivity contribution < 1.29 is 19.5 Å². The van der Waals surface area contributed by atoms with E-state index in [1.165, 1.54) is 11.8 Å². The third kappa shape index (κ3) is 4.53. The SMILES string of the molecule is CC(=O)N1CC[C@@H](NC(=O)c2cc3cc(Cl)ccc3[nH]2)[C@H](N(C(=O)O)C(C)(C)C)C1.